The van der Waals surface area contributed by atoms with E-state index in [2.05, 4.69) is 29.4 Å². The first kappa shape index (κ1) is 12.6. The van der Waals surface area contributed by atoms with E-state index in [0.29, 0.717) is 12.0 Å². The van der Waals surface area contributed by atoms with Crippen LogP contribution in [-0.4, -0.2) is 34.9 Å². The molecular formula is C15H20N2O2. The third-order valence-electron chi connectivity index (χ3n) is 4.54. The van der Waals surface area contributed by atoms with Crippen LogP contribution in [0.5, 0.6) is 0 Å². The number of hydrogen-bond acceptors (Lipinski definition) is 3. The summed E-state index contributed by atoms with van der Waals surface area (Å²) < 4.78 is 0. The van der Waals surface area contributed by atoms with Crippen LogP contribution in [0.2, 0.25) is 0 Å². The van der Waals surface area contributed by atoms with Crippen LogP contribution in [0, 0.1) is 5.92 Å². The summed E-state index contributed by atoms with van der Waals surface area (Å²) in [6, 6.07) is 0.472. The van der Waals surface area contributed by atoms with E-state index >= 15 is 0 Å². The van der Waals surface area contributed by atoms with Crippen LogP contribution in [0.4, 0.5) is 0 Å². The monoisotopic (exact) mass is 260 g/mol. The fraction of sp³-hybridized carbons (Fsp3) is 0.600. The average Bonchev–Trinajstić information content (AvgIpc) is 2.62. The number of aliphatic imine (C=N–C) groups is 1. The van der Waals surface area contributed by atoms with Crippen LogP contribution >= 0.6 is 0 Å². The Balaban J connectivity index is 2.00. The van der Waals surface area contributed by atoms with Crippen LogP contribution in [0.15, 0.2) is 28.3 Å². The Hall–Kier alpha value is -1.42. The molecule has 3 unspecified atom stereocenters. The van der Waals surface area contributed by atoms with Crippen LogP contribution in [0.25, 0.3) is 0 Å². The van der Waals surface area contributed by atoms with Crippen molar-refractivity contribution in [1.82, 2.24) is 5.32 Å². The molecule has 4 nitrogen and oxygen atoms in total. The Morgan fingerprint density at radius 2 is 2.37 bits per heavy atom. The number of aliphatic carboxylic acids is 1. The topological polar surface area (TPSA) is 61.7 Å². The molecule has 0 saturated carbocycles. The summed E-state index contributed by atoms with van der Waals surface area (Å²) in [5.41, 5.74) is 3.27. The molecule has 0 bridgehead atoms. The first-order valence-corrected chi connectivity index (χ1v) is 6.92. The minimum absolute atomic E-state index is 0.0407. The normalized spacial score (nSPS) is 36.8. The predicted molar refractivity (Wildman–Crippen MR) is 74.4 cm³/mol. The second kappa shape index (κ2) is 4.30. The van der Waals surface area contributed by atoms with Crippen LogP contribution < -0.4 is 5.32 Å². The maximum absolute atomic E-state index is 10.9. The van der Waals surface area contributed by atoms with Crippen molar-refractivity contribution in [3.63, 3.8) is 0 Å². The van der Waals surface area contributed by atoms with E-state index in [-0.39, 0.29) is 12.0 Å². The summed E-state index contributed by atoms with van der Waals surface area (Å²) in [6.07, 6.45) is 6.35. The molecule has 3 rings (SSSR count). The van der Waals surface area contributed by atoms with Gasteiger partial charge in [-0.15, -0.1) is 0 Å². The first-order chi connectivity index (χ1) is 8.99. The summed E-state index contributed by atoms with van der Waals surface area (Å²) in [5, 5.41) is 12.7. The molecular weight excluding hydrogens is 240 g/mol. The molecule has 4 heteroatoms. The van der Waals surface area contributed by atoms with Crippen molar-refractivity contribution in [2.45, 2.75) is 44.7 Å². The summed E-state index contributed by atoms with van der Waals surface area (Å²) in [5.74, 6) is -0.260. The van der Waals surface area contributed by atoms with Gasteiger partial charge in [0.15, 0.2) is 0 Å². The summed E-state index contributed by atoms with van der Waals surface area (Å²) >= 11 is 0. The Kier molecular flexibility index (Phi) is 2.86. The highest BCUT2D eigenvalue weighted by atomic mass is 16.4. The number of rotatable bonds is 2. The van der Waals surface area contributed by atoms with E-state index < -0.39 is 5.97 Å². The second-order valence-corrected chi connectivity index (χ2v) is 6.08. The van der Waals surface area contributed by atoms with E-state index in [1.54, 1.807) is 0 Å². The summed E-state index contributed by atoms with van der Waals surface area (Å²) in [7, 11) is 0. The van der Waals surface area contributed by atoms with Gasteiger partial charge in [0.25, 0.3) is 0 Å². The minimum Gasteiger partial charge on any atom is -0.481 e. The van der Waals surface area contributed by atoms with Crippen LogP contribution in [-0.2, 0) is 4.79 Å². The molecule has 1 saturated heterocycles. The van der Waals surface area contributed by atoms with E-state index in [1.807, 2.05) is 6.92 Å². The first-order valence-electron chi connectivity index (χ1n) is 6.92. The van der Waals surface area contributed by atoms with Crippen molar-refractivity contribution in [2.75, 3.05) is 6.54 Å². The number of allylic oxidation sites excluding steroid dienone is 1. The SMILES string of the molecule is CC1=NCC23NC(C)CC2CC(CC(=O)O)=CC3=C1. The van der Waals surface area contributed by atoms with Crippen molar-refractivity contribution in [3.05, 3.63) is 23.3 Å². The number of nitrogens with one attached hydrogen (secondary N) is 1. The highest BCUT2D eigenvalue weighted by Gasteiger charge is 2.50. The van der Waals surface area contributed by atoms with Crippen molar-refractivity contribution in [3.8, 4) is 0 Å². The fourth-order valence-electron chi connectivity index (χ4n) is 3.82. The van der Waals surface area contributed by atoms with Gasteiger partial charge >= 0.3 is 5.97 Å². The Morgan fingerprint density at radius 1 is 1.58 bits per heavy atom. The number of dihydropyridines is 1. The molecule has 3 atom stereocenters. The molecule has 0 amide bonds. The largest absolute Gasteiger partial charge is 0.481 e. The number of carbonyl (C=O) groups is 1. The maximum Gasteiger partial charge on any atom is 0.307 e. The quantitative estimate of drug-likeness (QED) is 0.797. The standard InChI is InChI=1S/C15H20N2O2/c1-9-3-12-5-11(7-14(18)19)6-13-4-10(2)17-15(12,13)8-16-9/h3,5,10,13,17H,4,6-8H2,1-2H3,(H,18,19). The molecule has 0 aromatic carbocycles. The van der Waals surface area contributed by atoms with Gasteiger partial charge in [0, 0.05) is 11.8 Å². The summed E-state index contributed by atoms with van der Waals surface area (Å²) in [6.45, 7) is 5.00. The molecule has 2 N–H and O–H groups in total. The molecule has 19 heavy (non-hydrogen) atoms. The minimum atomic E-state index is -0.737. The lowest BCUT2D eigenvalue weighted by molar-refractivity contribution is -0.136. The fourth-order valence-corrected chi connectivity index (χ4v) is 3.82. The Morgan fingerprint density at radius 3 is 3.11 bits per heavy atom. The van der Waals surface area contributed by atoms with Gasteiger partial charge in [-0.1, -0.05) is 11.6 Å². The van der Waals surface area contributed by atoms with Gasteiger partial charge < -0.3 is 10.4 Å². The lowest BCUT2D eigenvalue weighted by atomic mass is 9.69. The van der Waals surface area contributed by atoms with Crippen molar-refractivity contribution in [1.29, 1.82) is 0 Å². The maximum atomic E-state index is 10.9. The van der Waals surface area contributed by atoms with Gasteiger partial charge in [0.05, 0.1) is 18.5 Å². The molecule has 1 aliphatic carbocycles. The average molecular weight is 260 g/mol. The third-order valence-corrected chi connectivity index (χ3v) is 4.54. The lowest BCUT2D eigenvalue weighted by Crippen LogP contribution is -2.53. The van der Waals surface area contributed by atoms with Gasteiger partial charge in [-0.2, -0.15) is 0 Å². The highest BCUT2D eigenvalue weighted by Crippen LogP contribution is 2.46. The molecule has 2 heterocycles. The van der Waals surface area contributed by atoms with E-state index in [0.717, 1.165) is 30.7 Å². The lowest BCUT2D eigenvalue weighted by Gasteiger charge is -2.42. The molecule has 1 spiro atoms. The van der Waals surface area contributed by atoms with Crippen molar-refractivity contribution in [2.24, 2.45) is 10.9 Å². The van der Waals surface area contributed by atoms with E-state index in [1.165, 1.54) is 5.57 Å². The highest BCUT2D eigenvalue weighted by molar-refractivity contribution is 5.95. The van der Waals surface area contributed by atoms with Crippen molar-refractivity contribution < 1.29 is 9.90 Å². The van der Waals surface area contributed by atoms with E-state index in [4.69, 9.17) is 5.11 Å². The molecule has 0 radical (unpaired) electrons. The predicted octanol–water partition coefficient (Wildman–Crippen LogP) is 1.93. The Labute approximate surface area is 113 Å². The number of hydrogen-bond donors (Lipinski definition) is 2. The van der Waals surface area contributed by atoms with Gasteiger partial charge in [-0.05, 0) is 44.3 Å². The van der Waals surface area contributed by atoms with Crippen molar-refractivity contribution >= 4 is 11.7 Å². The number of carboxylic acids is 1. The summed E-state index contributed by atoms with van der Waals surface area (Å²) in [4.78, 5) is 15.5. The molecule has 0 aromatic heterocycles. The Bertz CT molecular complexity index is 518. The molecule has 2 aliphatic heterocycles. The number of nitrogens with zero attached hydrogens (tertiary/aromatic N) is 1. The zero-order chi connectivity index (χ0) is 13.6. The smallest absolute Gasteiger partial charge is 0.307 e. The zero-order valence-corrected chi connectivity index (χ0v) is 11.4. The molecule has 102 valence electrons. The molecule has 3 aliphatic rings. The molecule has 1 fully saturated rings. The van der Waals surface area contributed by atoms with Crippen LogP contribution in [0.1, 0.15) is 33.1 Å². The van der Waals surface area contributed by atoms with E-state index in [9.17, 15) is 4.79 Å². The van der Waals surface area contributed by atoms with Gasteiger partial charge in [0.1, 0.15) is 0 Å². The third kappa shape index (κ3) is 2.04. The second-order valence-electron chi connectivity index (χ2n) is 6.08. The van der Waals surface area contributed by atoms with Gasteiger partial charge in [-0.3, -0.25) is 9.79 Å². The number of carboxylic acid groups (broad SMARTS) is 1. The van der Waals surface area contributed by atoms with Crippen LogP contribution in [0.3, 0.4) is 0 Å². The van der Waals surface area contributed by atoms with Gasteiger partial charge in [0.2, 0.25) is 0 Å². The molecule has 0 aromatic rings. The zero-order valence-electron chi connectivity index (χ0n) is 11.4. The van der Waals surface area contributed by atoms with Gasteiger partial charge in [-0.25, -0.2) is 0 Å².